The van der Waals surface area contributed by atoms with Gasteiger partial charge in [0.1, 0.15) is 12.4 Å². The van der Waals surface area contributed by atoms with E-state index in [1.165, 1.54) is 0 Å². The molecule has 0 unspecified atom stereocenters. The number of nitrogens with one attached hydrogen (secondary N) is 1. The first-order valence-corrected chi connectivity index (χ1v) is 10.1. The van der Waals surface area contributed by atoms with Gasteiger partial charge in [0.05, 0.1) is 28.7 Å². The number of primary amides is 1. The zero-order valence-electron chi connectivity index (χ0n) is 16.8. The normalized spacial score (nSPS) is 11.1. The van der Waals surface area contributed by atoms with Crippen molar-refractivity contribution in [1.29, 1.82) is 0 Å². The number of H-pyrrole nitrogens is 1. The van der Waals surface area contributed by atoms with E-state index in [1.54, 1.807) is 0 Å². The van der Waals surface area contributed by atoms with Crippen molar-refractivity contribution in [3.05, 3.63) is 96.1 Å². The number of hydrogen-bond donors (Lipinski definition) is 2. The molecule has 1 amide bonds. The van der Waals surface area contributed by atoms with Gasteiger partial charge in [0.2, 0.25) is 5.91 Å². The van der Waals surface area contributed by atoms with Crippen LogP contribution in [0.2, 0.25) is 0 Å². The second-order valence-electron chi connectivity index (χ2n) is 7.51. The highest BCUT2D eigenvalue weighted by atomic mass is 16.5. The Bertz CT molecular complexity index is 1380. The summed E-state index contributed by atoms with van der Waals surface area (Å²) >= 11 is 0. The van der Waals surface area contributed by atoms with Gasteiger partial charge >= 0.3 is 0 Å². The summed E-state index contributed by atoms with van der Waals surface area (Å²) in [5.41, 5.74) is 11.8. The Balaban J connectivity index is 1.58. The topological polar surface area (TPSA) is 81.0 Å². The van der Waals surface area contributed by atoms with Crippen molar-refractivity contribution in [2.75, 3.05) is 0 Å². The van der Waals surface area contributed by atoms with E-state index in [0.717, 1.165) is 50.1 Å². The van der Waals surface area contributed by atoms with Crippen molar-refractivity contribution in [2.45, 2.75) is 13.0 Å². The maximum absolute atomic E-state index is 11.7. The first kappa shape index (κ1) is 18.9. The van der Waals surface area contributed by atoms with Crippen molar-refractivity contribution in [1.82, 2.24) is 9.97 Å². The molecule has 0 spiro atoms. The van der Waals surface area contributed by atoms with E-state index in [0.29, 0.717) is 6.61 Å². The molecule has 0 bridgehead atoms. The number of nitrogens with two attached hydrogens (primary N) is 1. The molecule has 2 aromatic heterocycles. The molecular formula is C26H21N3O2. The zero-order valence-corrected chi connectivity index (χ0v) is 16.8. The Hall–Kier alpha value is -4.12. The second-order valence-corrected chi connectivity index (χ2v) is 7.51. The average molecular weight is 407 g/mol. The molecular weight excluding hydrogens is 386 g/mol. The van der Waals surface area contributed by atoms with Gasteiger partial charge in [0.15, 0.2) is 0 Å². The van der Waals surface area contributed by atoms with Gasteiger partial charge in [-0.1, -0.05) is 60.7 Å². The Kier molecular flexibility index (Phi) is 4.84. The number of ether oxygens (including phenoxy) is 1. The fourth-order valence-electron chi connectivity index (χ4n) is 3.81. The van der Waals surface area contributed by atoms with E-state index in [-0.39, 0.29) is 12.3 Å². The van der Waals surface area contributed by atoms with Gasteiger partial charge in [-0.25, -0.2) is 4.98 Å². The fourth-order valence-corrected chi connectivity index (χ4v) is 3.81. The molecule has 0 aliphatic carbocycles. The lowest BCUT2D eigenvalue weighted by molar-refractivity contribution is -0.117. The number of carbonyl (C=O) groups is 1. The van der Waals surface area contributed by atoms with E-state index in [1.807, 2.05) is 84.9 Å². The second kappa shape index (κ2) is 7.95. The molecule has 2 heterocycles. The number of aromatic nitrogens is 2. The van der Waals surface area contributed by atoms with Crippen LogP contribution in [0.25, 0.3) is 33.2 Å². The SMILES string of the molecule is NC(=O)Cc1cc(-c2ccccc2)nc2c1[nH]c1cc(OCc3ccccc3)ccc12. The minimum Gasteiger partial charge on any atom is -0.489 e. The number of benzene rings is 3. The van der Waals surface area contributed by atoms with Gasteiger partial charge in [-0.2, -0.15) is 0 Å². The highest BCUT2D eigenvalue weighted by Crippen LogP contribution is 2.32. The van der Waals surface area contributed by atoms with Crippen LogP contribution in [0.15, 0.2) is 84.9 Å². The molecule has 0 aliphatic heterocycles. The Morgan fingerprint density at radius 2 is 1.68 bits per heavy atom. The molecule has 5 aromatic rings. The quantitative estimate of drug-likeness (QED) is 0.416. The third-order valence-corrected chi connectivity index (χ3v) is 5.29. The van der Waals surface area contributed by atoms with Gasteiger partial charge < -0.3 is 15.5 Å². The average Bonchev–Trinajstić information content (AvgIpc) is 3.17. The summed E-state index contributed by atoms with van der Waals surface area (Å²) in [5, 5.41) is 0.977. The molecule has 0 fully saturated rings. The Labute approximate surface area is 179 Å². The fraction of sp³-hybridized carbons (Fsp3) is 0.0769. The number of fused-ring (bicyclic) bond motifs is 3. The number of hydrogen-bond acceptors (Lipinski definition) is 3. The largest absolute Gasteiger partial charge is 0.489 e. The molecule has 0 radical (unpaired) electrons. The van der Waals surface area contributed by atoms with Crippen LogP contribution < -0.4 is 10.5 Å². The van der Waals surface area contributed by atoms with Gasteiger partial charge in [-0.3, -0.25) is 4.79 Å². The maximum atomic E-state index is 11.7. The predicted molar refractivity (Wildman–Crippen MR) is 123 cm³/mol. The molecule has 0 saturated carbocycles. The summed E-state index contributed by atoms with van der Waals surface area (Å²) < 4.78 is 5.97. The molecule has 3 aromatic carbocycles. The molecule has 5 rings (SSSR count). The molecule has 5 nitrogen and oxygen atoms in total. The van der Waals surface area contributed by atoms with E-state index in [4.69, 9.17) is 15.5 Å². The summed E-state index contributed by atoms with van der Waals surface area (Å²) in [7, 11) is 0. The minimum atomic E-state index is -0.378. The van der Waals surface area contributed by atoms with E-state index in [9.17, 15) is 4.79 Å². The first-order valence-electron chi connectivity index (χ1n) is 10.1. The highest BCUT2D eigenvalue weighted by Gasteiger charge is 2.15. The van der Waals surface area contributed by atoms with Crippen molar-refractivity contribution >= 4 is 27.8 Å². The van der Waals surface area contributed by atoms with E-state index < -0.39 is 0 Å². The summed E-state index contributed by atoms with van der Waals surface area (Å²) in [6.07, 6.45) is 0.142. The lowest BCUT2D eigenvalue weighted by Crippen LogP contribution is -2.14. The number of rotatable bonds is 6. The summed E-state index contributed by atoms with van der Waals surface area (Å²) in [6.45, 7) is 0.496. The third kappa shape index (κ3) is 3.85. The molecule has 0 aliphatic rings. The van der Waals surface area contributed by atoms with Crippen LogP contribution in [-0.4, -0.2) is 15.9 Å². The number of carbonyl (C=O) groups excluding carboxylic acids is 1. The molecule has 5 heteroatoms. The van der Waals surface area contributed by atoms with Gasteiger partial charge in [0, 0.05) is 17.0 Å². The van der Waals surface area contributed by atoms with Gasteiger partial charge in [0.25, 0.3) is 0 Å². The minimum absolute atomic E-state index is 0.142. The third-order valence-electron chi connectivity index (χ3n) is 5.29. The van der Waals surface area contributed by atoms with Crippen LogP contribution in [0.3, 0.4) is 0 Å². The van der Waals surface area contributed by atoms with Gasteiger partial charge in [-0.15, -0.1) is 0 Å². The van der Waals surface area contributed by atoms with Crippen molar-refractivity contribution in [3.8, 4) is 17.0 Å². The number of nitrogens with zero attached hydrogens (tertiary/aromatic N) is 1. The van der Waals surface area contributed by atoms with Crippen LogP contribution in [0, 0.1) is 0 Å². The van der Waals surface area contributed by atoms with E-state index >= 15 is 0 Å². The molecule has 0 atom stereocenters. The summed E-state index contributed by atoms with van der Waals surface area (Å²) in [6, 6.07) is 27.8. The lowest BCUT2D eigenvalue weighted by atomic mass is 10.0. The Morgan fingerprint density at radius 1 is 0.935 bits per heavy atom. The first-order chi connectivity index (χ1) is 15.2. The summed E-state index contributed by atoms with van der Waals surface area (Å²) in [5.74, 6) is 0.389. The van der Waals surface area contributed by atoms with Crippen molar-refractivity contribution < 1.29 is 9.53 Å². The highest BCUT2D eigenvalue weighted by molar-refractivity contribution is 6.07. The van der Waals surface area contributed by atoms with Crippen LogP contribution in [0.5, 0.6) is 5.75 Å². The number of amides is 1. The van der Waals surface area contributed by atoms with Gasteiger partial charge in [-0.05, 0) is 29.3 Å². The standard InChI is InChI=1S/C26H21N3O2/c27-24(30)14-19-13-22(18-9-5-2-6-10-18)28-26-21-12-11-20(15-23(21)29-25(19)26)31-16-17-7-3-1-4-8-17/h1-13,15,29H,14,16H2,(H2,27,30). The van der Waals surface area contributed by atoms with Crippen molar-refractivity contribution in [3.63, 3.8) is 0 Å². The molecule has 0 saturated heterocycles. The number of aromatic amines is 1. The number of pyridine rings is 1. The maximum Gasteiger partial charge on any atom is 0.221 e. The summed E-state index contributed by atoms with van der Waals surface area (Å²) in [4.78, 5) is 20.0. The van der Waals surface area contributed by atoms with Crippen LogP contribution in [0.4, 0.5) is 0 Å². The monoisotopic (exact) mass is 407 g/mol. The smallest absolute Gasteiger partial charge is 0.221 e. The van der Waals surface area contributed by atoms with Crippen LogP contribution in [0.1, 0.15) is 11.1 Å². The van der Waals surface area contributed by atoms with Crippen LogP contribution in [-0.2, 0) is 17.8 Å². The lowest BCUT2D eigenvalue weighted by Gasteiger charge is -2.06. The van der Waals surface area contributed by atoms with Crippen LogP contribution >= 0.6 is 0 Å². The predicted octanol–water partition coefficient (Wildman–Crippen LogP) is 4.99. The van der Waals surface area contributed by atoms with Crippen molar-refractivity contribution in [2.24, 2.45) is 5.73 Å². The molecule has 3 N–H and O–H groups in total. The molecule has 152 valence electrons. The van der Waals surface area contributed by atoms with E-state index in [2.05, 4.69) is 4.98 Å². The Morgan fingerprint density at radius 3 is 2.42 bits per heavy atom. The molecule has 31 heavy (non-hydrogen) atoms. The zero-order chi connectivity index (χ0) is 21.2.